The minimum absolute atomic E-state index is 0.0567. The Balaban J connectivity index is 1.61. The van der Waals surface area contributed by atoms with E-state index in [4.69, 9.17) is 9.47 Å². The van der Waals surface area contributed by atoms with Crippen molar-refractivity contribution in [2.24, 2.45) is 5.41 Å². The van der Waals surface area contributed by atoms with E-state index in [1.54, 1.807) is 20.8 Å². The first kappa shape index (κ1) is 17.5. The number of carbonyl (C=O) groups is 3. The van der Waals surface area contributed by atoms with Gasteiger partial charge in [-0.3, -0.25) is 19.3 Å². The summed E-state index contributed by atoms with van der Waals surface area (Å²) in [6, 6.07) is -1.68. The summed E-state index contributed by atoms with van der Waals surface area (Å²) in [5.74, 6) is -1.02. The molecule has 0 radical (unpaired) electrons. The van der Waals surface area contributed by atoms with Crippen molar-refractivity contribution in [3.05, 3.63) is 0 Å². The highest BCUT2D eigenvalue weighted by molar-refractivity contribution is 6.02. The molecule has 6 fully saturated rings. The number of likely N-dealkylation sites (N-methyl/N-ethyl adjacent to an activating group) is 1. The van der Waals surface area contributed by atoms with E-state index in [9.17, 15) is 24.6 Å². The number of carbonyl (C=O) groups excluding carboxylic acids is 3. The molecule has 2 N–H and O–H groups in total. The van der Waals surface area contributed by atoms with Crippen molar-refractivity contribution in [2.75, 3.05) is 13.7 Å². The van der Waals surface area contributed by atoms with Crippen LogP contribution in [-0.2, 0) is 23.9 Å². The van der Waals surface area contributed by atoms with Crippen LogP contribution in [0, 0.1) is 5.41 Å². The summed E-state index contributed by atoms with van der Waals surface area (Å²) in [6.45, 7) is 5.31. The number of morpholine rings is 1. The summed E-state index contributed by atoms with van der Waals surface area (Å²) in [7, 11) is 1.54. The van der Waals surface area contributed by atoms with Gasteiger partial charge in [-0.1, -0.05) is 13.8 Å². The molecule has 6 rings (SSSR count). The third-order valence-corrected chi connectivity index (χ3v) is 7.71. The summed E-state index contributed by atoms with van der Waals surface area (Å²) < 4.78 is 11.7. The molecule has 5 aliphatic heterocycles. The molecule has 9 nitrogen and oxygen atoms in total. The predicted molar refractivity (Wildman–Crippen MR) is 88.1 cm³/mol. The number of rotatable bonds is 0. The topological polar surface area (TPSA) is 117 Å². The van der Waals surface area contributed by atoms with Gasteiger partial charge in [0.1, 0.15) is 17.7 Å². The van der Waals surface area contributed by atoms with Crippen LogP contribution >= 0.6 is 0 Å². The molecule has 5 heterocycles. The molecule has 1 saturated carbocycles. The van der Waals surface area contributed by atoms with Gasteiger partial charge in [0.05, 0.1) is 24.2 Å². The molecule has 2 spiro atoms. The Kier molecular flexibility index (Phi) is 2.95. The molecule has 0 aromatic heterocycles. The Morgan fingerprint density at radius 3 is 2.48 bits per heavy atom. The Labute approximate surface area is 156 Å². The number of aliphatic hydroxyl groups excluding tert-OH is 1. The molecule has 148 valence electrons. The van der Waals surface area contributed by atoms with Gasteiger partial charge in [0, 0.05) is 19.9 Å². The molecule has 27 heavy (non-hydrogen) atoms. The first-order valence-corrected chi connectivity index (χ1v) is 9.31. The first-order valence-electron chi connectivity index (χ1n) is 9.31. The molecule has 6 aliphatic rings. The standard InChI is InChI=1S/C18H24N2O7/c1-8-15(2,3)12(22)17(27-8)5-10-16(25,13(17)23)7-18-14(24)19(4)9(6-26-18)11(21)20(10)18/h8-10,13,23,25H,5-7H2,1-4H3/t8-,9+,10-,13+,16+,17-,18+/m1/s1. The van der Waals surface area contributed by atoms with Gasteiger partial charge in [-0.2, -0.15) is 0 Å². The van der Waals surface area contributed by atoms with Gasteiger partial charge in [0.25, 0.3) is 11.8 Å². The van der Waals surface area contributed by atoms with Crippen LogP contribution in [0.1, 0.15) is 33.6 Å². The molecule has 0 aromatic carbocycles. The molecule has 9 heteroatoms. The zero-order valence-corrected chi connectivity index (χ0v) is 15.8. The van der Waals surface area contributed by atoms with E-state index >= 15 is 0 Å². The number of ketones is 1. The number of amides is 2. The molecule has 0 aromatic rings. The van der Waals surface area contributed by atoms with Gasteiger partial charge in [-0.15, -0.1) is 0 Å². The zero-order valence-electron chi connectivity index (χ0n) is 15.8. The maximum atomic E-state index is 13.2. The van der Waals surface area contributed by atoms with E-state index in [1.165, 1.54) is 16.8 Å². The number of fused-ring (bicyclic) bond motifs is 3. The Hall–Kier alpha value is -1.55. The number of ether oxygens (including phenoxy) is 2. The van der Waals surface area contributed by atoms with Crippen molar-refractivity contribution in [2.45, 2.75) is 74.8 Å². The van der Waals surface area contributed by atoms with Crippen molar-refractivity contribution >= 4 is 17.6 Å². The van der Waals surface area contributed by atoms with Crippen molar-refractivity contribution in [3.8, 4) is 0 Å². The second-order valence-electron chi connectivity index (χ2n) is 9.23. The van der Waals surface area contributed by atoms with E-state index in [0.29, 0.717) is 0 Å². The molecule has 5 saturated heterocycles. The number of hydrogen-bond donors (Lipinski definition) is 2. The third-order valence-electron chi connectivity index (χ3n) is 7.71. The van der Waals surface area contributed by atoms with Gasteiger partial charge in [-0.25, -0.2) is 0 Å². The van der Waals surface area contributed by atoms with Crippen molar-refractivity contribution < 1.29 is 34.1 Å². The maximum absolute atomic E-state index is 13.2. The molecule has 0 unspecified atom stereocenters. The monoisotopic (exact) mass is 380 g/mol. The molecule has 2 amide bonds. The average molecular weight is 380 g/mol. The van der Waals surface area contributed by atoms with Crippen LogP contribution in [0.2, 0.25) is 0 Å². The summed E-state index contributed by atoms with van der Waals surface area (Å²) >= 11 is 0. The van der Waals surface area contributed by atoms with Crippen molar-refractivity contribution in [1.82, 2.24) is 9.80 Å². The van der Waals surface area contributed by atoms with Gasteiger partial charge in [0.15, 0.2) is 11.4 Å². The lowest BCUT2D eigenvalue weighted by Gasteiger charge is -2.53. The fourth-order valence-electron chi connectivity index (χ4n) is 5.82. The van der Waals surface area contributed by atoms with Crippen LogP contribution < -0.4 is 0 Å². The Morgan fingerprint density at radius 2 is 1.89 bits per heavy atom. The Bertz CT molecular complexity index is 799. The number of aliphatic hydroxyl groups is 2. The molecule has 7 atom stereocenters. The third kappa shape index (κ3) is 1.58. The lowest BCUT2D eigenvalue weighted by Crippen LogP contribution is -2.76. The largest absolute Gasteiger partial charge is 0.387 e. The van der Waals surface area contributed by atoms with Crippen LogP contribution in [0.4, 0.5) is 0 Å². The van der Waals surface area contributed by atoms with Crippen molar-refractivity contribution in [1.29, 1.82) is 0 Å². The lowest BCUT2D eigenvalue weighted by molar-refractivity contribution is -0.238. The number of hydrogen-bond acceptors (Lipinski definition) is 7. The van der Waals surface area contributed by atoms with E-state index < -0.39 is 52.5 Å². The highest BCUT2D eigenvalue weighted by atomic mass is 16.6. The highest BCUT2D eigenvalue weighted by Crippen LogP contribution is 2.60. The minimum Gasteiger partial charge on any atom is -0.387 e. The molecule has 1 aliphatic carbocycles. The number of piperazine rings is 1. The fraction of sp³-hybridized carbons (Fsp3) is 0.833. The first-order chi connectivity index (χ1) is 12.4. The summed E-state index contributed by atoms with van der Waals surface area (Å²) in [4.78, 5) is 41.7. The lowest BCUT2D eigenvalue weighted by atomic mass is 9.76. The Morgan fingerprint density at radius 1 is 1.22 bits per heavy atom. The van der Waals surface area contributed by atoms with E-state index in [1.807, 2.05) is 0 Å². The maximum Gasteiger partial charge on any atom is 0.276 e. The van der Waals surface area contributed by atoms with Gasteiger partial charge in [0.2, 0.25) is 5.72 Å². The van der Waals surface area contributed by atoms with Crippen molar-refractivity contribution in [3.63, 3.8) is 0 Å². The molecular weight excluding hydrogens is 356 g/mol. The van der Waals surface area contributed by atoms with Crippen LogP contribution in [0.25, 0.3) is 0 Å². The second kappa shape index (κ2) is 4.53. The molecular formula is C18H24N2O7. The highest BCUT2D eigenvalue weighted by Gasteiger charge is 2.81. The van der Waals surface area contributed by atoms with Gasteiger partial charge >= 0.3 is 0 Å². The SMILES string of the molecule is C[C@H]1O[C@]2(C[C@H]3N4C(=O)[C@@H]5CO[C@@]4(C[C@@]3(O)[C@@H]2O)C(=O)N5C)C(=O)C1(C)C. The predicted octanol–water partition coefficient (Wildman–Crippen LogP) is -1.60. The quantitative estimate of drug-likeness (QED) is 0.520. The molecule has 2 bridgehead atoms. The zero-order chi connectivity index (χ0) is 19.7. The van der Waals surface area contributed by atoms with E-state index in [2.05, 4.69) is 0 Å². The van der Waals surface area contributed by atoms with Crippen LogP contribution in [0.3, 0.4) is 0 Å². The fourth-order valence-corrected chi connectivity index (χ4v) is 5.82. The minimum atomic E-state index is -1.86. The van der Waals surface area contributed by atoms with Crippen LogP contribution in [0.15, 0.2) is 0 Å². The number of Topliss-reactive ketones (excluding diaryl/α,β-unsaturated/α-hetero) is 1. The second-order valence-corrected chi connectivity index (χ2v) is 9.23. The summed E-state index contributed by atoms with van der Waals surface area (Å²) in [5, 5.41) is 22.6. The van der Waals surface area contributed by atoms with E-state index in [0.717, 1.165) is 0 Å². The van der Waals surface area contributed by atoms with E-state index in [-0.39, 0.29) is 31.1 Å². The summed E-state index contributed by atoms with van der Waals surface area (Å²) in [5.41, 5.74) is -5.90. The normalized spacial score (nSPS) is 52.9. The average Bonchev–Trinajstić information content (AvgIpc) is 3.05. The van der Waals surface area contributed by atoms with Gasteiger partial charge < -0.3 is 24.6 Å². The van der Waals surface area contributed by atoms with Crippen LogP contribution in [0.5, 0.6) is 0 Å². The summed E-state index contributed by atoms with van der Waals surface area (Å²) in [6.07, 6.45) is -2.34. The number of nitrogens with zero attached hydrogens (tertiary/aromatic N) is 2. The van der Waals surface area contributed by atoms with Gasteiger partial charge in [-0.05, 0) is 6.92 Å². The smallest absolute Gasteiger partial charge is 0.276 e. The van der Waals surface area contributed by atoms with Crippen LogP contribution in [-0.4, -0.2) is 92.5 Å².